The van der Waals surface area contributed by atoms with Gasteiger partial charge in [-0.15, -0.1) is 0 Å². The van der Waals surface area contributed by atoms with E-state index in [4.69, 9.17) is 4.98 Å². The normalized spacial score (nSPS) is 12.5. The van der Waals surface area contributed by atoms with Crippen molar-refractivity contribution in [1.29, 1.82) is 0 Å². The zero-order valence-corrected chi connectivity index (χ0v) is 26.3. The molecule has 0 N–H and O–H groups in total. The molecule has 5 heterocycles. The number of fused-ring (bicyclic) bond motifs is 14. The monoisotopic (exact) mass is 622 g/mol. The van der Waals surface area contributed by atoms with Gasteiger partial charge in [0, 0.05) is 60.7 Å². The fraction of sp³-hybridized carbons (Fsp3) is 0. The van der Waals surface area contributed by atoms with Gasteiger partial charge in [0.05, 0.1) is 33.1 Å². The van der Waals surface area contributed by atoms with Gasteiger partial charge in [0.25, 0.3) is 0 Å². The molecule has 0 saturated heterocycles. The lowest BCUT2D eigenvalue weighted by molar-refractivity contribution is 1.11. The van der Waals surface area contributed by atoms with Crippen LogP contribution in [0.1, 0.15) is 0 Å². The van der Waals surface area contributed by atoms with Crippen LogP contribution < -0.4 is 0 Å². The third-order valence-corrected chi connectivity index (χ3v) is 10.7. The van der Waals surface area contributed by atoms with Crippen molar-refractivity contribution in [1.82, 2.24) is 18.5 Å². The Morgan fingerprint density at radius 2 is 1.00 bits per heavy atom. The molecule has 0 radical (unpaired) electrons. The molecule has 0 atom stereocenters. The number of aromatic nitrogens is 4. The minimum absolute atomic E-state index is 0.966. The van der Waals surface area contributed by atoms with Crippen molar-refractivity contribution in [3.63, 3.8) is 0 Å². The Labute approximate surface area is 279 Å². The SMILES string of the molecule is c1cc(-n2c3cc4ccccc4cc3c3c4c5ccccc5n5c6ccccc6c(cc32)c45)cc(-n2c3ccccc3c3cccnc32)c1. The van der Waals surface area contributed by atoms with Crippen LogP contribution in [0.3, 0.4) is 0 Å². The second kappa shape index (κ2) is 9.03. The molecule has 49 heavy (non-hydrogen) atoms. The van der Waals surface area contributed by atoms with Crippen LogP contribution in [0.4, 0.5) is 0 Å². The van der Waals surface area contributed by atoms with E-state index in [9.17, 15) is 0 Å². The summed E-state index contributed by atoms with van der Waals surface area (Å²) in [5.41, 5.74) is 10.5. The topological polar surface area (TPSA) is 27.2 Å². The van der Waals surface area contributed by atoms with Gasteiger partial charge < -0.3 is 8.97 Å². The van der Waals surface area contributed by atoms with E-state index in [2.05, 4.69) is 159 Å². The maximum absolute atomic E-state index is 4.88. The lowest BCUT2D eigenvalue weighted by Crippen LogP contribution is -1.99. The van der Waals surface area contributed by atoms with E-state index in [1.54, 1.807) is 0 Å². The van der Waals surface area contributed by atoms with Crippen molar-refractivity contribution >= 4 is 92.6 Å². The second-order valence-corrected chi connectivity index (χ2v) is 13.2. The summed E-state index contributed by atoms with van der Waals surface area (Å²) in [6, 6.07) is 55.5. The van der Waals surface area contributed by atoms with Crippen LogP contribution in [0.25, 0.3) is 104 Å². The molecule has 12 rings (SSSR count). The van der Waals surface area contributed by atoms with Gasteiger partial charge in [0.1, 0.15) is 5.65 Å². The number of benzene rings is 7. The van der Waals surface area contributed by atoms with Gasteiger partial charge in [-0.3, -0.25) is 4.57 Å². The van der Waals surface area contributed by atoms with Gasteiger partial charge in [-0.1, -0.05) is 84.9 Å². The molecule has 12 aromatic rings. The van der Waals surface area contributed by atoms with Gasteiger partial charge in [-0.25, -0.2) is 4.98 Å². The molecule has 0 fully saturated rings. The molecule has 0 spiro atoms. The standard InChI is InChI=1S/C45H26N4/c1-2-12-28-24-40-36(23-27(28)11-1)42-41(26-35-32-16-4-7-20-38(32)49-39-21-8-5-17-34(39)43(42)44(35)49)47(40)29-13-9-14-30(25-29)48-37-19-6-3-15-31(37)33-18-10-22-46-45(33)48/h1-26H. The molecule has 7 aromatic carbocycles. The van der Waals surface area contributed by atoms with Crippen molar-refractivity contribution in [3.8, 4) is 11.4 Å². The Kier molecular flexibility index (Phi) is 4.69. The third-order valence-electron chi connectivity index (χ3n) is 10.7. The minimum Gasteiger partial charge on any atom is -0.309 e. The number of rotatable bonds is 2. The zero-order valence-electron chi connectivity index (χ0n) is 26.3. The highest BCUT2D eigenvalue weighted by atomic mass is 15.1. The average molecular weight is 623 g/mol. The Morgan fingerprint density at radius 3 is 1.82 bits per heavy atom. The first-order chi connectivity index (χ1) is 24.3. The van der Waals surface area contributed by atoms with Crippen LogP contribution in [-0.4, -0.2) is 18.5 Å². The van der Waals surface area contributed by atoms with Crippen molar-refractivity contribution in [2.45, 2.75) is 0 Å². The van der Waals surface area contributed by atoms with Gasteiger partial charge in [0.2, 0.25) is 0 Å². The Morgan fingerprint density at radius 1 is 0.367 bits per heavy atom. The number of para-hydroxylation sites is 3. The Bertz CT molecular complexity index is 3280. The molecule has 0 saturated carbocycles. The van der Waals surface area contributed by atoms with Crippen molar-refractivity contribution in [3.05, 3.63) is 158 Å². The third kappa shape index (κ3) is 3.16. The van der Waals surface area contributed by atoms with Gasteiger partial charge in [0.15, 0.2) is 0 Å². The van der Waals surface area contributed by atoms with Crippen LogP contribution in [0.15, 0.2) is 158 Å². The van der Waals surface area contributed by atoms with Gasteiger partial charge >= 0.3 is 0 Å². The molecule has 0 aliphatic carbocycles. The first-order valence-electron chi connectivity index (χ1n) is 16.8. The van der Waals surface area contributed by atoms with E-state index in [1.165, 1.54) is 76.1 Å². The van der Waals surface area contributed by atoms with Crippen molar-refractivity contribution < 1.29 is 0 Å². The van der Waals surface area contributed by atoms with Crippen LogP contribution in [0.5, 0.6) is 0 Å². The van der Waals surface area contributed by atoms with E-state index in [-0.39, 0.29) is 0 Å². The summed E-state index contributed by atoms with van der Waals surface area (Å²) in [5.74, 6) is 0. The second-order valence-electron chi connectivity index (χ2n) is 13.2. The molecule has 5 aromatic heterocycles. The quantitative estimate of drug-likeness (QED) is 0.188. The molecule has 0 bridgehead atoms. The molecular weight excluding hydrogens is 597 g/mol. The van der Waals surface area contributed by atoms with Crippen LogP contribution in [0.2, 0.25) is 0 Å². The van der Waals surface area contributed by atoms with Crippen molar-refractivity contribution in [2.75, 3.05) is 0 Å². The fourth-order valence-corrected chi connectivity index (χ4v) is 8.80. The van der Waals surface area contributed by atoms with Gasteiger partial charge in [-0.05, 0) is 77.5 Å². The lowest BCUT2D eigenvalue weighted by atomic mass is 10.0. The maximum Gasteiger partial charge on any atom is 0.145 e. The first kappa shape index (κ1) is 25.4. The van der Waals surface area contributed by atoms with Gasteiger partial charge in [-0.2, -0.15) is 0 Å². The molecule has 0 aliphatic heterocycles. The maximum atomic E-state index is 4.88. The minimum atomic E-state index is 0.966. The lowest BCUT2D eigenvalue weighted by Gasteiger charge is -2.13. The molecular formula is C45H26N4. The van der Waals surface area contributed by atoms with E-state index in [0.717, 1.165) is 27.9 Å². The molecule has 0 unspecified atom stereocenters. The van der Waals surface area contributed by atoms with Crippen LogP contribution in [0, 0.1) is 0 Å². The Balaban J connectivity index is 1.28. The van der Waals surface area contributed by atoms with Crippen LogP contribution >= 0.6 is 0 Å². The first-order valence-corrected chi connectivity index (χ1v) is 16.8. The fourth-order valence-electron chi connectivity index (χ4n) is 8.80. The number of nitrogens with zero attached hydrogens (tertiary/aromatic N) is 4. The average Bonchev–Trinajstić information content (AvgIpc) is 3.87. The summed E-state index contributed by atoms with van der Waals surface area (Å²) >= 11 is 0. The zero-order chi connectivity index (χ0) is 31.8. The van der Waals surface area contributed by atoms with E-state index >= 15 is 0 Å². The van der Waals surface area contributed by atoms with Crippen molar-refractivity contribution in [2.24, 2.45) is 0 Å². The van der Waals surface area contributed by atoms with Crippen LogP contribution in [-0.2, 0) is 0 Å². The summed E-state index contributed by atoms with van der Waals surface area (Å²) in [6.07, 6.45) is 1.89. The summed E-state index contributed by atoms with van der Waals surface area (Å²) in [5, 5.41) is 12.6. The highest BCUT2D eigenvalue weighted by molar-refractivity contribution is 6.36. The van der Waals surface area contributed by atoms with E-state index in [0.29, 0.717) is 0 Å². The van der Waals surface area contributed by atoms with E-state index < -0.39 is 0 Å². The largest absolute Gasteiger partial charge is 0.309 e. The summed E-state index contributed by atoms with van der Waals surface area (Å²) in [7, 11) is 0. The molecule has 0 amide bonds. The predicted molar refractivity (Wildman–Crippen MR) is 205 cm³/mol. The number of hydrogen-bond donors (Lipinski definition) is 0. The van der Waals surface area contributed by atoms with E-state index in [1.807, 2.05) is 12.3 Å². The Hall–Kier alpha value is -6.65. The summed E-state index contributed by atoms with van der Waals surface area (Å²) < 4.78 is 7.28. The summed E-state index contributed by atoms with van der Waals surface area (Å²) in [4.78, 5) is 4.88. The molecule has 0 aliphatic rings. The smallest absolute Gasteiger partial charge is 0.145 e. The predicted octanol–water partition coefficient (Wildman–Crippen LogP) is 11.6. The number of pyridine rings is 1. The summed E-state index contributed by atoms with van der Waals surface area (Å²) in [6.45, 7) is 0. The molecule has 226 valence electrons. The highest BCUT2D eigenvalue weighted by Crippen LogP contribution is 2.47. The molecule has 4 nitrogen and oxygen atoms in total. The molecule has 4 heteroatoms. The number of hydrogen-bond acceptors (Lipinski definition) is 1. The highest BCUT2D eigenvalue weighted by Gasteiger charge is 2.24.